The number of rotatable bonds is 4. The second-order valence-corrected chi connectivity index (χ2v) is 5.96. The van der Waals surface area contributed by atoms with Gasteiger partial charge in [0.2, 0.25) is 0 Å². The van der Waals surface area contributed by atoms with Crippen molar-refractivity contribution in [2.45, 2.75) is 25.4 Å². The van der Waals surface area contributed by atoms with Crippen molar-refractivity contribution in [1.29, 1.82) is 0 Å². The SMILES string of the molecule is O=C(NC(CO)Cc1ccccc1)N1CCc2ccccc2C1. The van der Waals surface area contributed by atoms with Gasteiger partial charge >= 0.3 is 6.03 Å². The number of benzene rings is 2. The van der Waals surface area contributed by atoms with Crippen LogP contribution in [0.15, 0.2) is 54.6 Å². The van der Waals surface area contributed by atoms with Crippen LogP contribution in [-0.4, -0.2) is 35.2 Å². The molecule has 4 heteroatoms. The summed E-state index contributed by atoms with van der Waals surface area (Å²) in [6.45, 7) is 1.28. The minimum Gasteiger partial charge on any atom is -0.394 e. The van der Waals surface area contributed by atoms with Crippen molar-refractivity contribution >= 4 is 6.03 Å². The Morgan fingerprint density at radius 3 is 2.52 bits per heavy atom. The molecular formula is C19H22N2O2. The fourth-order valence-corrected chi connectivity index (χ4v) is 2.99. The number of urea groups is 1. The highest BCUT2D eigenvalue weighted by atomic mass is 16.3. The van der Waals surface area contributed by atoms with Gasteiger partial charge in [-0.2, -0.15) is 0 Å². The van der Waals surface area contributed by atoms with Gasteiger partial charge in [-0.1, -0.05) is 54.6 Å². The van der Waals surface area contributed by atoms with Gasteiger partial charge in [0, 0.05) is 13.1 Å². The molecule has 1 aliphatic heterocycles. The van der Waals surface area contributed by atoms with E-state index in [2.05, 4.69) is 17.4 Å². The zero-order valence-corrected chi connectivity index (χ0v) is 13.1. The third-order valence-electron chi connectivity index (χ3n) is 4.29. The molecule has 1 atom stereocenters. The summed E-state index contributed by atoms with van der Waals surface area (Å²) in [5.41, 5.74) is 3.63. The largest absolute Gasteiger partial charge is 0.394 e. The lowest BCUT2D eigenvalue weighted by Gasteiger charge is -2.30. The Kier molecular flexibility index (Phi) is 4.93. The molecule has 2 aromatic rings. The zero-order chi connectivity index (χ0) is 16.1. The predicted molar refractivity (Wildman–Crippen MR) is 90.1 cm³/mol. The molecule has 0 aromatic heterocycles. The normalized spacial score (nSPS) is 14.9. The third kappa shape index (κ3) is 3.90. The maximum absolute atomic E-state index is 12.5. The van der Waals surface area contributed by atoms with Crippen LogP contribution in [0.2, 0.25) is 0 Å². The molecule has 0 saturated carbocycles. The van der Waals surface area contributed by atoms with Gasteiger partial charge in [-0.25, -0.2) is 4.79 Å². The molecule has 2 N–H and O–H groups in total. The highest BCUT2D eigenvalue weighted by Crippen LogP contribution is 2.18. The molecule has 4 nitrogen and oxygen atoms in total. The first-order valence-electron chi connectivity index (χ1n) is 8.03. The van der Waals surface area contributed by atoms with Crippen LogP contribution in [-0.2, 0) is 19.4 Å². The Morgan fingerprint density at radius 1 is 1.09 bits per heavy atom. The Labute approximate surface area is 136 Å². The van der Waals surface area contributed by atoms with Gasteiger partial charge in [-0.15, -0.1) is 0 Å². The number of fused-ring (bicyclic) bond motifs is 1. The number of nitrogens with one attached hydrogen (secondary N) is 1. The number of aliphatic hydroxyl groups is 1. The van der Waals surface area contributed by atoms with Gasteiger partial charge in [-0.3, -0.25) is 0 Å². The molecule has 120 valence electrons. The van der Waals surface area contributed by atoms with Gasteiger partial charge in [0.05, 0.1) is 12.6 Å². The van der Waals surface area contributed by atoms with E-state index in [1.165, 1.54) is 11.1 Å². The van der Waals surface area contributed by atoms with E-state index >= 15 is 0 Å². The van der Waals surface area contributed by atoms with Gasteiger partial charge in [0.1, 0.15) is 0 Å². The van der Waals surface area contributed by atoms with Crippen LogP contribution in [0.5, 0.6) is 0 Å². The number of nitrogens with zero attached hydrogens (tertiary/aromatic N) is 1. The summed E-state index contributed by atoms with van der Waals surface area (Å²) in [6.07, 6.45) is 1.51. The molecule has 1 aliphatic rings. The zero-order valence-electron chi connectivity index (χ0n) is 13.1. The lowest BCUT2D eigenvalue weighted by atomic mass is 10.0. The first kappa shape index (κ1) is 15.6. The summed E-state index contributed by atoms with van der Waals surface area (Å²) in [4.78, 5) is 14.3. The predicted octanol–water partition coefficient (Wildman–Crippen LogP) is 2.36. The fraction of sp³-hybridized carbons (Fsp3) is 0.316. The molecule has 2 aromatic carbocycles. The molecule has 0 saturated heterocycles. The Balaban J connectivity index is 1.60. The topological polar surface area (TPSA) is 52.6 Å². The molecule has 0 aliphatic carbocycles. The number of aliphatic hydroxyl groups excluding tert-OH is 1. The first-order chi connectivity index (χ1) is 11.3. The Bertz CT molecular complexity index is 657. The van der Waals surface area contributed by atoms with Crippen LogP contribution in [0.4, 0.5) is 4.79 Å². The third-order valence-corrected chi connectivity index (χ3v) is 4.29. The van der Waals surface area contributed by atoms with E-state index in [0.29, 0.717) is 19.5 Å². The van der Waals surface area contributed by atoms with E-state index in [1.54, 1.807) is 0 Å². The van der Waals surface area contributed by atoms with Crippen LogP contribution in [0.25, 0.3) is 0 Å². The van der Waals surface area contributed by atoms with Crippen LogP contribution in [0.3, 0.4) is 0 Å². The van der Waals surface area contributed by atoms with E-state index in [4.69, 9.17) is 0 Å². The molecule has 0 bridgehead atoms. The molecule has 0 spiro atoms. The summed E-state index contributed by atoms with van der Waals surface area (Å²) in [6, 6.07) is 17.8. The maximum Gasteiger partial charge on any atom is 0.318 e. The Morgan fingerprint density at radius 2 is 1.78 bits per heavy atom. The molecule has 1 heterocycles. The lowest BCUT2D eigenvalue weighted by Crippen LogP contribution is -2.48. The van der Waals surface area contributed by atoms with Crippen molar-refractivity contribution < 1.29 is 9.90 Å². The van der Waals surface area contributed by atoms with Crippen molar-refractivity contribution in [3.63, 3.8) is 0 Å². The van der Waals surface area contributed by atoms with Gasteiger partial charge in [0.25, 0.3) is 0 Å². The monoisotopic (exact) mass is 310 g/mol. The van der Waals surface area contributed by atoms with Crippen LogP contribution < -0.4 is 5.32 Å². The van der Waals surface area contributed by atoms with Gasteiger partial charge < -0.3 is 15.3 Å². The van der Waals surface area contributed by atoms with Gasteiger partial charge in [-0.05, 0) is 29.5 Å². The number of hydrogen-bond donors (Lipinski definition) is 2. The van der Waals surface area contributed by atoms with Crippen LogP contribution >= 0.6 is 0 Å². The highest BCUT2D eigenvalue weighted by molar-refractivity contribution is 5.75. The maximum atomic E-state index is 12.5. The second kappa shape index (κ2) is 7.29. The molecule has 23 heavy (non-hydrogen) atoms. The average Bonchev–Trinajstić information content (AvgIpc) is 2.61. The van der Waals surface area contributed by atoms with Crippen molar-refractivity contribution in [1.82, 2.24) is 10.2 Å². The number of carbonyl (C=O) groups is 1. The summed E-state index contributed by atoms with van der Waals surface area (Å²) in [5.74, 6) is 0. The summed E-state index contributed by atoms with van der Waals surface area (Å²) >= 11 is 0. The van der Waals surface area contributed by atoms with Crippen LogP contribution in [0, 0.1) is 0 Å². The van der Waals surface area contributed by atoms with Crippen molar-refractivity contribution in [3.05, 3.63) is 71.3 Å². The van der Waals surface area contributed by atoms with Crippen LogP contribution in [0.1, 0.15) is 16.7 Å². The summed E-state index contributed by atoms with van der Waals surface area (Å²) in [7, 11) is 0. The smallest absolute Gasteiger partial charge is 0.318 e. The molecule has 1 unspecified atom stereocenters. The quantitative estimate of drug-likeness (QED) is 0.911. The molecule has 0 radical (unpaired) electrons. The van der Waals surface area contributed by atoms with E-state index in [9.17, 15) is 9.90 Å². The minimum absolute atomic E-state index is 0.0644. The molecule has 2 amide bonds. The number of amides is 2. The second-order valence-electron chi connectivity index (χ2n) is 5.96. The summed E-state index contributed by atoms with van der Waals surface area (Å²) < 4.78 is 0. The standard InChI is InChI=1S/C19H22N2O2/c22-14-18(12-15-6-2-1-3-7-15)20-19(23)21-11-10-16-8-4-5-9-17(16)13-21/h1-9,18,22H,10-14H2,(H,20,23). The minimum atomic E-state index is -0.262. The van der Waals surface area contributed by atoms with Crippen molar-refractivity contribution in [3.8, 4) is 0 Å². The van der Waals surface area contributed by atoms with E-state index < -0.39 is 0 Å². The molecule has 3 rings (SSSR count). The molecule has 0 fully saturated rings. The fourth-order valence-electron chi connectivity index (χ4n) is 2.99. The first-order valence-corrected chi connectivity index (χ1v) is 8.03. The average molecular weight is 310 g/mol. The Hall–Kier alpha value is -2.33. The van der Waals surface area contributed by atoms with E-state index in [-0.39, 0.29) is 18.7 Å². The number of carbonyl (C=O) groups excluding carboxylic acids is 1. The highest BCUT2D eigenvalue weighted by Gasteiger charge is 2.22. The van der Waals surface area contributed by atoms with E-state index in [0.717, 1.165) is 12.0 Å². The van der Waals surface area contributed by atoms with E-state index in [1.807, 2.05) is 47.4 Å². The van der Waals surface area contributed by atoms with Crippen molar-refractivity contribution in [2.75, 3.05) is 13.2 Å². The van der Waals surface area contributed by atoms with Crippen molar-refractivity contribution in [2.24, 2.45) is 0 Å². The summed E-state index contributed by atoms with van der Waals surface area (Å²) in [5, 5.41) is 12.5. The number of hydrogen-bond acceptors (Lipinski definition) is 2. The molecular weight excluding hydrogens is 288 g/mol. The van der Waals surface area contributed by atoms with Gasteiger partial charge in [0.15, 0.2) is 0 Å². The lowest BCUT2D eigenvalue weighted by molar-refractivity contribution is 0.177.